The summed E-state index contributed by atoms with van der Waals surface area (Å²) in [6.07, 6.45) is 1.28. The number of aromatic nitrogens is 4. The standard InChI is InChI=1S/C14H16F3N7O/c1-22-9-10(12(21-22)14(15,16)17)20-13(25)24-6-4-23(5-7-24)11-8-18-2-3-19-11/h2-3,8-9H,4-7H2,1H3,(H,20,25). The van der Waals surface area contributed by atoms with Gasteiger partial charge in [0.15, 0.2) is 5.69 Å². The number of aryl methyl sites for hydroxylation is 1. The summed E-state index contributed by atoms with van der Waals surface area (Å²) in [6, 6.07) is -0.586. The summed E-state index contributed by atoms with van der Waals surface area (Å²) in [5, 5.41) is 5.67. The highest BCUT2D eigenvalue weighted by Gasteiger charge is 2.38. The van der Waals surface area contributed by atoms with Crippen LogP contribution in [-0.4, -0.2) is 56.9 Å². The molecule has 1 aliphatic heterocycles. The first-order valence-electron chi connectivity index (χ1n) is 7.52. The van der Waals surface area contributed by atoms with Gasteiger partial charge in [-0.25, -0.2) is 9.78 Å². The predicted octanol–water partition coefficient (Wildman–Crippen LogP) is 1.58. The van der Waals surface area contributed by atoms with Crippen molar-refractivity contribution < 1.29 is 18.0 Å². The number of carbonyl (C=O) groups is 1. The van der Waals surface area contributed by atoms with E-state index in [0.717, 1.165) is 10.9 Å². The number of rotatable bonds is 2. The fraction of sp³-hybridized carbons (Fsp3) is 0.429. The van der Waals surface area contributed by atoms with Crippen molar-refractivity contribution in [2.75, 3.05) is 36.4 Å². The molecule has 3 rings (SSSR count). The van der Waals surface area contributed by atoms with Crippen molar-refractivity contribution in [1.82, 2.24) is 24.6 Å². The number of nitrogens with zero attached hydrogens (tertiary/aromatic N) is 6. The molecule has 3 heterocycles. The van der Waals surface area contributed by atoms with Crippen molar-refractivity contribution in [2.45, 2.75) is 6.18 Å². The summed E-state index contributed by atoms with van der Waals surface area (Å²) in [4.78, 5) is 23.9. The maximum Gasteiger partial charge on any atom is 0.437 e. The van der Waals surface area contributed by atoms with E-state index in [1.54, 1.807) is 18.6 Å². The molecule has 2 amide bonds. The van der Waals surface area contributed by atoms with Crippen LogP contribution in [0.1, 0.15) is 5.69 Å². The van der Waals surface area contributed by atoms with Gasteiger partial charge in [-0.3, -0.25) is 9.67 Å². The number of urea groups is 1. The summed E-state index contributed by atoms with van der Waals surface area (Å²) in [5.41, 5.74) is -1.46. The van der Waals surface area contributed by atoms with Gasteiger partial charge in [0.1, 0.15) is 5.82 Å². The molecule has 1 N–H and O–H groups in total. The van der Waals surface area contributed by atoms with E-state index in [-0.39, 0.29) is 5.69 Å². The monoisotopic (exact) mass is 355 g/mol. The fourth-order valence-electron chi connectivity index (χ4n) is 2.58. The van der Waals surface area contributed by atoms with E-state index < -0.39 is 17.9 Å². The molecule has 1 aliphatic rings. The number of piperazine rings is 1. The molecule has 0 bridgehead atoms. The maximum absolute atomic E-state index is 12.9. The third kappa shape index (κ3) is 3.80. The second kappa shape index (κ2) is 6.57. The molecule has 0 atom stereocenters. The van der Waals surface area contributed by atoms with E-state index >= 15 is 0 Å². The summed E-state index contributed by atoms with van der Waals surface area (Å²) >= 11 is 0. The molecule has 2 aromatic rings. The van der Waals surface area contributed by atoms with Crippen LogP contribution in [0.25, 0.3) is 0 Å². The Balaban J connectivity index is 1.62. The van der Waals surface area contributed by atoms with Crippen LogP contribution in [0.2, 0.25) is 0 Å². The van der Waals surface area contributed by atoms with Gasteiger partial charge in [-0.05, 0) is 0 Å². The van der Waals surface area contributed by atoms with Gasteiger partial charge in [-0.15, -0.1) is 0 Å². The zero-order chi connectivity index (χ0) is 18.0. The van der Waals surface area contributed by atoms with Crippen LogP contribution in [0.4, 0.5) is 29.5 Å². The van der Waals surface area contributed by atoms with Crippen molar-refractivity contribution in [3.05, 3.63) is 30.5 Å². The molecule has 2 aromatic heterocycles. The van der Waals surface area contributed by atoms with E-state index in [1.165, 1.54) is 11.9 Å². The Morgan fingerprint density at radius 3 is 2.52 bits per heavy atom. The van der Waals surface area contributed by atoms with Crippen molar-refractivity contribution in [2.24, 2.45) is 7.05 Å². The lowest BCUT2D eigenvalue weighted by Crippen LogP contribution is -2.50. The maximum atomic E-state index is 12.9. The molecule has 0 saturated carbocycles. The van der Waals surface area contributed by atoms with Crippen molar-refractivity contribution in [1.29, 1.82) is 0 Å². The summed E-state index contributed by atoms with van der Waals surface area (Å²) in [5.74, 6) is 0.703. The molecule has 0 radical (unpaired) electrons. The highest BCUT2D eigenvalue weighted by molar-refractivity contribution is 5.90. The topological polar surface area (TPSA) is 79.2 Å². The van der Waals surface area contributed by atoms with Crippen LogP contribution in [0.3, 0.4) is 0 Å². The Morgan fingerprint density at radius 2 is 1.92 bits per heavy atom. The number of carbonyl (C=O) groups excluding carboxylic acids is 1. The first-order valence-corrected chi connectivity index (χ1v) is 7.52. The zero-order valence-corrected chi connectivity index (χ0v) is 13.4. The highest BCUT2D eigenvalue weighted by atomic mass is 19.4. The molecular weight excluding hydrogens is 339 g/mol. The summed E-state index contributed by atoms with van der Waals surface area (Å²) in [6.45, 7) is 1.77. The SMILES string of the molecule is Cn1cc(NC(=O)N2CCN(c3cnccn3)CC2)c(C(F)(F)F)n1. The predicted molar refractivity (Wildman–Crippen MR) is 83.0 cm³/mol. The lowest BCUT2D eigenvalue weighted by atomic mass is 10.3. The lowest BCUT2D eigenvalue weighted by molar-refractivity contribution is -0.140. The van der Waals surface area contributed by atoms with E-state index in [0.29, 0.717) is 32.0 Å². The van der Waals surface area contributed by atoms with Gasteiger partial charge in [0.25, 0.3) is 0 Å². The Kier molecular flexibility index (Phi) is 4.47. The molecule has 0 aromatic carbocycles. The molecule has 11 heteroatoms. The van der Waals surface area contributed by atoms with Gasteiger partial charge in [-0.2, -0.15) is 18.3 Å². The Bertz CT molecular complexity index is 739. The van der Waals surface area contributed by atoms with Crippen LogP contribution in [0.15, 0.2) is 24.8 Å². The van der Waals surface area contributed by atoms with Crippen molar-refractivity contribution >= 4 is 17.5 Å². The van der Waals surface area contributed by atoms with Gasteiger partial charge >= 0.3 is 12.2 Å². The second-order valence-electron chi connectivity index (χ2n) is 5.53. The molecule has 25 heavy (non-hydrogen) atoms. The van der Waals surface area contributed by atoms with Crippen LogP contribution in [0.5, 0.6) is 0 Å². The number of halogens is 3. The number of amides is 2. The summed E-state index contributed by atoms with van der Waals surface area (Å²) in [7, 11) is 1.37. The second-order valence-corrected chi connectivity index (χ2v) is 5.53. The molecule has 1 saturated heterocycles. The Hall–Kier alpha value is -2.85. The van der Waals surface area contributed by atoms with Crippen molar-refractivity contribution in [3.8, 4) is 0 Å². The summed E-state index contributed by atoms with van der Waals surface area (Å²) < 4.78 is 39.8. The number of anilines is 2. The van der Waals surface area contributed by atoms with E-state index in [1.807, 2.05) is 4.90 Å². The van der Waals surface area contributed by atoms with Gasteiger partial charge in [0.2, 0.25) is 0 Å². The van der Waals surface area contributed by atoms with Gasteiger partial charge in [0.05, 0.1) is 11.9 Å². The molecule has 1 fully saturated rings. The lowest BCUT2D eigenvalue weighted by Gasteiger charge is -2.35. The van der Waals surface area contributed by atoms with Crippen LogP contribution < -0.4 is 10.2 Å². The first-order chi connectivity index (χ1) is 11.8. The molecule has 0 unspecified atom stereocenters. The van der Waals surface area contributed by atoms with Crippen molar-refractivity contribution in [3.63, 3.8) is 0 Å². The molecule has 0 spiro atoms. The van der Waals surface area contributed by atoms with Gasteiger partial charge < -0.3 is 15.1 Å². The number of nitrogens with one attached hydrogen (secondary N) is 1. The number of alkyl halides is 3. The Labute approximate surface area is 141 Å². The average molecular weight is 355 g/mol. The van der Waals surface area contributed by atoms with E-state index in [9.17, 15) is 18.0 Å². The third-order valence-electron chi connectivity index (χ3n) is 3.78. The minimum atomic E-state index is -4.63. The fourth-order valence-corrected chi connectivity index (χ4v) is 2.58. The number of hydrogen-bond donors (Lipinski definition) is 1. The quantitative estimate of drug-likeness (QED) is 0.885. The average Bonchev–Trinajstić information content (AvgIpc) is 2.96. The molecule has 0 aliphatic carbocycles. The molecule has 134 valence electrons. The van der Waals surface area contributed by atoms with Crippen LogP contribution in [0, 0.1) is 0 Å². The largest absolute Gasteiger partial charge is 0.437 e. The van der Waals surface area contributed by atoms with Crippen LogP contribution >= 0.6 is 0 Å². The molecular formula is C14H16F3N7O. The van der Waals surface area contributed by atoms with Gasteiger partial charge in [0, 0.05) is 51.8 Å². The first kappa shape index (κ1) is 17.0. The van der Waals surface area contributed by atoms with E-state index in [4.69, 9.17) is 0 Å². The smallest absolute Gasteiger partial charge is 0.352 e. The van der Waals surface area contributed by atoms with Crippen LogP contribution in [-0.2, 0) is 13.2 Å². The Morgan fingerprint density at radius 1 is 1.20 bits per heavy atom. The van der Waals surface area contributed by atoms with Gasteiger partial charge in [-0.1, -0.05) is 0 Å². The third-order valence-corrected chi connectivity index (χ3v) is 3.78. The minimum Gasteiger partial charge on any atom is -0.352 e. The normalized spacial score (nSPS) is 15.4. The minimum absolute atomic E-state index is 0.351. The zero-order valence-electron chi connectivity index (χ0n) is 13.4. The molecule has 8 nitrogen and oxygen atoms in total. The number of hydrogen-bond acceptors (Lipinski definition) is 5. The van der Waals surface area contributed by atoms with E-state index in [2.05, 4.69) is 20.4 Å². The highest BCUT2D eigenvalue weighted by Crippen LogP contribution is 2.33.